The molecule has 0 aromatic heterocycles. The van der Waals surface area contributed by atoms with Crippen molar-refractivity contribution in [1.29, 1.82) is 0 Å². The van der Waals surface area contributed by atoms with E-state index in [0.29, 0.717) is 31.3 Å². The van der Waals surface area contributed by atoms with Crippen molar-refractivity contribution >= 4 is 39.1 Å². The van der Waals surface area contributed by atoms with E-state index < -0.39 is 0 Å². The number of ether oxygens (including phenoxy) is 1. The number of hydrogen-bond donors (Lipinski definition) is 1. The van der Waals surface area contributed by atoms with Crippen molar-refractivity contribution < 1.29 is 9.53 Å². The van der Waals surface area contributed by atoms with E-state index in [2.05, 4.69) is 21.2 Å². The molecule has 1 aliphatic heterocycles. The highest BCUT2D eigenvalue weighted by Crippen LogP contribution is 2.26. The van der Waals surface area contributed by atoms with E-state index in [4.69, 9.17) is 16.3 Å². The van der Waals surface area contributed by atoms with Crippen molar-refractivity contribution in [2.45, 2.75) is 13.0 Å². The van der Waals surface area contributed by atoms with Gasteiger partial charge >= 0.3 is 0 Å². The first-order valence-electron chi connectivity index (χ1n) is 6.16. The van der Waals surface area contributed by atoms with Crippen molar-refractivity contribution in [3.63, 3.8) is 0 Å². The van der Waals surface area contributed by atoms with Crippen LogP contribution in [-0.4, -0.2) is 43.2 Å². The Morgan fingerprint density at radius 3 is 2.79 bits per heavy atom. The SMILES string of the molecule is CC(Nc1ccc(Cl)c(Br)c1)C(=O)N1CCOCC1. The van der Waals surface area contributed by atoms with Crippen molar-refractivity contribution in [1.82, 2.24) is 4.90 Å². The van der Waals surface area contributed by atoms with E-state index in [1.54, 1.807) is 6.07 Å². The largest absolute Gasteiger partial charge is 0.378 e. The van der Waals surface area contributed by atoms with Crippen molar-refractivity contribution in [2.75, 3.05) is 31.6 Å². The van der Waals surface area contributed by atoms with Gasteiger partial charge in [-0.25, -0.2) is 0 Å². The van der Waals surface area contributed by atoms with Crippen LogP contribution in [0.5, 0.6) is 0 Å². The highest BCUT2D eigenvalue weighted by molar-refractivity contribution is 9.10. The second kappa shape index (κ2) is 6.59. The number of nitrogens with one attached hydrogen (secondary N) is 1. The summed E-state index contributed by atoms with van der Waals surface area (Å²) in [5.41, 5.74) is 0.866. The standard InChI is InChI=1S/C13H16BrClN2O2/c1-9(13(18)17-4-6-19-7-5-17)16-10-2-3-12(15)11(14)8-10/h2-3,8-9,16H,4-7H2,1H3. The Morgan fingerprint density at radius 1 is 1.47 bits per heavy atom. The number of benzene rings is 1. The molecule has 1 heterocycles. The Morgan fingerprint density at radius 2 is 2.16 bits per heavy atom. The lowest BCUT2D eigenvalue weighted by atomic mass is 10.2. The Labute approximate surface area is 126 Å². The zero-order chi connectivity index (χ0) is 13.8. The van der Waals surface area contributed by atoms with Gasteiger partial charge in [-0.05, 0) is 41.1 Å². The summed E-state index contributed by atoms with van der Waals surface area (Å²) in [5.74, 6) is 0.0920. The fourth-order valence-electron chi connectivity index (χ4n) is 1.96. The lowest BCUT2D eigenvalue weighted by molar-refractivity contribution is -0.135. The van der Waals surface area contributed by atoms with Gasteiger partial charge in [0.2, 0.25) is 5.91 Å². The molecule has 1 unspecified atom stereocenters. The lowest BCUT2D eigenvalue weighted by Gasteiger charge is -2.29. The van der Waals surface area contributed by atoms with Crippen LogP contribution in [0.25, 0.3) is 0 Å². The number of rotatable bonds is 3. The van der Waals surface area contributed by atoms with Gasteiger partial charge in [0.1, 0.15) is 6.04 Å². The minimum absolute atomic E-state index is 0.0920. The average Bonchev–Trinajstić information content (AvgIpc) is 2.43. The van der Waals surface area contributed by atoms with Crippen molar-refractivity contribution in [3.05, 3.63) is 27.7 Å². The van der Waals surface area contributed by atoms with Gasteiger partial charge in [-0.2, -0.15) is 0 Å². The van der Waals surface area contributed by atoms with Gasteiger partial charge in [0.25, 0.3) is 0 Å². The molecule has 1 N–H and O–H groups in total. The first-order valence-corrected chi connectivity index (χ1v) is 7.33. The van der Waals surface area contributed by atoms with E-state index in [-0.39, 0.29) is 11.9 Å². The molecule has 0 aliphatic carbocycles. The fraction of sp³-hybridized carbons (Fsp3) is 0.462. The van der Waals surface area contributed by atoms with Gasteiger partial charge in [-0.1, -0.05) is 11.6 Å². The summed E-state index contributed by atoms with van der Waals surface area (Å²) >= 11 is 9.30. The molecule has 1 aromatic rings. The van der Waals surface area contributed by atoms with E-state index in [1.165, 1.54) is 0 Å². The van der Waals surface area contributed by atoms with Crippen LogP contribution in [0.4, 0.5) is 5.69 Å². The van der Waals surface area contributed by atoms with E-state index in [9.17, 15) is 4.79 Å². The Kier molecular flexibility index (Phi) is 5.07. The highest BCUT2D eigenvalue weighted by atomic mass is 79.9. The minimum Gasteiger partial charge on any atom is -0.378 e. The predicted molar refractivity (Wildman–Crippen MR) is 79.6 cm³/mol. The van der Waals surface area contributed by atoms with Gasteiger partial charge in [0, 0.05) is 23.2 Å². The number of hydrogen-bond acceptors (Lipinski definition) is 3. The topological polar surface area (TPSA) is 41.6 Å². The Balaban J connectivity index is 1.97. The second-order valence-corrected chi connectivity index (χ2v) is 5.69. The summed E-state index contributed by atoms with van der Waals surface area (Å²) in [6.45, 7) is 4.42. The summed E-state index contributed by atoms with van der Waals surface area (Å²) in [4.78, 5) is 14.0. The normalized spacial score (nSPS) is 17.1. The van der Waals surface area contributed by atoms with Crippen LogP contribution in [0.2, 0.25) is 5.02 Å². The summed E-state index contributed by atoms with van der Waals surface area (Å²) < 4.78 is 6.05. The van der Waals surface area contributed by atoms with Gasteiger partial charge < -0.3 is 15.0 Å². The molecule has 1 amide bonds. The van der Waals surface area contributed by atoms with Gasteiger partial charge in [-0.15, -0.1) is 0 Å². The molecule has 0 saturated carbocycles. The minimum atomic E-state index is -0.272. The van der Waals surface area contributed by atoms with Gasteiger partial charge in [0.05, 0.1) is 18.2 Å². The van der Waals surface area contributed by atoms with Gasteiger partial charge in [0.15, 0.2) is 0 Å². The number of anilines is 1. The molecule has 19 heavy (non-hydrogen) atoms. The molecule has 4 nitrogen and oxygen atoms in total. The van der Waals surface area contributed by atoms with E-state index in [0.717, 1.165) is 10.2 Å². The lowest BCUT2D eigenvalue weighted by Crippen LogP contribution is -2.46. The summed E-state index contributed by atoms with van der Waals surface area (Å²) in [5, 5.41) is 3.84. The summed E-state index contributed by atoms with van der Waals surface area (Å²) in [7, 11) is 0. The quantitative estimate of drug-likeness (QED) is 0.914. The highest BCUT2D eigenvalue weighted by Gasteiger charge is 2.22. The first-order chi connectivity index (χ1) is 9.08. The number of carbonyl (C=O) groups excluding carboxylic acids is 1. The molecule has 6 heteroatoms. The second-order valence-electron chi connectivity index (χ2n) is 4.43. The predicted octanol–water partition coefficient (Wildman–Crippen LogP) is 2.76. The summed E-state index contributed by atoms with van der Waals surface area (Å²) in [6, 6.07) is 5.24. The Hall–Kier alpha value is -0.780. The molecule has 0 radical (unpaired) electrons. The maximum absolute atomic E-state index is 12.2. The number of halogens is 2. The molecule has 0 spiro atoms. The monoisotopic (exact) mass is 346 g/mol. The Bertz CT molecular complexity index is 464. The number of nitrogens with zero attached hydrogens (tertiary/aromatic N) is 1. The van der Waals surface area contributed by atoms with Crippen LogP contribution in [0, 0.1) is 0 Å². The van der Waals surface area contributed by atoms with E-state index >= 15 is 0 Å². The fourth-order valence-corrected chi connectivity index (χ4v) is 2.45. The molecule has 1 saturated heterocycles. The van der Waals surface area contributed by atoms with Crippen molar-refractivity contribution in [2.24, 2.45) is 0 Å². The molecule has 1 aliphatic rings. The van der Waals surface area contributed by atoms with Crippen LogP contribution in [-0.2, 0) is 9.53 Å². The van der Waals surface area contributed by atoms with Crippen LogP contribution < -0.4 is 5.32 Å². The molecular weight excluding hydrogens is 332 g/mol. The third-order valence-electron chi connectivity index (χ3n) is 3.00. The average molecular weight is 348 g/mol. The maximum atomic E-state index is 12.2. The third kappa shape index (κ3) is 3.84. The van der Waals surface area contributed by atoms with Crippen molar-refractivity contribution in [3.8, 4) is 0 Å². The molecule has 1 atom stereocenters. The molecule has 1 fully saturated rings. The molecule has 1 aromatic carbocycles. The molecular formula is C13H16BrClN2O2. The van der Waals surface area contributed by atoms with Crippen LogP contribution in [0.1, 0.15) is 6.92 Å². The number of amides is 1. The van der Waals surface area contributed by atoms with Crippen LogP contribution in [0.15, 0.2) is 22.7 Å². The zero-order valence-corrected chi connectivity index (χ0v) is 13.0. The number of carbonyl (C=O) groups is 1. The number of morpholine rings is 1. The molecule has 0 bridgehead atoms. The van der Waals surface area contributed by atoms with Crippen LogP contribution >= 0.6 is 27.5 Å². The zero-order valence-electron chi connectivity index (χ0n) is 10.7. The smallest absolute Gasteiger partial charge is 0.244 e. The maximum Gasteiger partial charge on any atom is 0.244 e. The van der Waals surface area contributed by atoms with Crippen LogP contribution in [0.3, 0.4) is 0 Å². The molecule has 104 valence electrons. The molecule has 2 rings (SSSR count). The van der Waals surface area contributed by atoms with E-state index in [1.807, 2.05) is 24.0 Å². The third-order valence-corrected chi connectivity index (χ3v) is 4.21. The van der Waals surface area contributed by atoms with Gasteiger partial charge in [-0.3, -0.25) is 4.79 Å². The first kappa shape index (κ1) is 14.6. The summed E-state index contributed by atoms with van der Waals surface area (Å²) in [6.07, 6.45) is 0.